The van der Waals surface area contributed by atoms with Gasteiger partial charge in [-0.05, 0) is 43.2 Å². The molecule has 1 saturated heterocycles. The van der Waals surface area contributed by atoms with Crippen LogP contribution >= 0.6 is 0 Å². The molecule has 134 valence electrons. The van der Waals surface area contributed by atoms with Gasteiger partial charge in [0.1, 0.15) is 17.4 Å². The van der Waals surface area contributed by atoms with Gasteiger partial charge >= 0.3 is 0 Å². The Labute approximate surface area is 152 Å². The molecular weight excluding hydrogens is 330 g/mol. The Morgan fingerprint density at radius 2 is 1.96 bits per heavy atom. The molecule has 0 radical (unpaired) electrons. The lowest BCUT2D eigenvalue weighted by Crippen LogP contribution is -2.35. The van der Waals surface area contributed by atoms with Crippen molar-refractivity contribution in [3.63, 3.8) is 0 Å². The van der Waals surface area contributed by atoms with Crippen molar-refractivity contribution in [2.45, 2.75) is 13.8 Å². The molecule has 6 nitrogen and oxygen atoms in total. The third kappa shape index (κ3) is 4.13. The summed E-state index contributed by atoms with van der Waals surface area (Å²) in [5.41, 5.74) is 2.87. The highest BCUT2D eigenvalue weighted by molar-refractivity contribution is 6.09. The van der Waals surface area contributed by atoms with Crippen LogP contribution in [0, 0.1) is 25.2 Å². The summed E-state index contributed by atoms with van der Waals surface area (Å²) >= 11 is 0. The first-order valence-electron chi connectivity index (χ1n) is 8.50. The predicted molar refractivity (Wildman–Crippen MR) is 99.9 cm³/mol. The molecule has 6 heteroatoms. The Morgan fingerprint density at radius 3 is 2.65 bits per heavy atom. The number of furan rings is 1. The zero-order valence-electron chi connectivity index (χ0n) is 14.9. The van der Waals surface area contributed by atoms with E-state index < -0.39 is 5.91 Å². The molecular formula is C20H21N3O3. The zero-order valence-corrected chi connectivity index (χ0v) is 14.9. The van der Waals surface area contributed by atoms with Gasteiger partial charge in [-0.1, -0.05) is 6.07 Å². The van der Waals surface area contributed by atoms with Crippen molar-refractivity contribution in [1.29, 1.82) is 5.26 Å². The number of morpholine rings is 1. The molecule has 1 aliphatic rings. The van der Waals surface area contributed by atoms with Crippen LogP contribution in [0.15, 0.2) is 40.3 Å². The number of rotatable bonds is 4. The second-order valence-electron chi connectivity index (χ2n) is 6.20. The number of aryl methyl sites for hydroxylation is 2. The molecule has 0 bridgehead atoms. The molecule has 0 atom stereocenters. The Bertz CT molecular complexity index is 871. The molecule has 1 aromatic carbocycles. The molecule has 2 heterocycles. The monoisotopic (exact) mass is 351 g/mol. The first-order chi connectivity index (χ1) is 12.6. The summed E-state index contributed by atoms with van der Waals surface area (Å²) in [6.07, 6.45) is 1.46. The minimum absolute atomic E-state index is 0.00824. The van der Waals surface area contributed by atoms with Gasteiger partial charge in [-0.15, -0.1) is 0 Å². The highest BCUT2D eigenvalue weighted by Gasteiger charge is 2.15. The molecule has 3 rings (SSSR count). The Balaban J connectivity index is 1.73. The van der Waals surface area contributed by atoms with Crippen LogP contribution in [0.4, 0.5) is 11.6 Å². The second kappa shape index (κ2) is 7.89. The van der Waals surface area contributed by atoms with E-state index in [2.05, 4.69) is 10.2 Å². The maximum atomic E-state index is 12.4. The molecule has 1 amide bonds. The third-order valence-corrected chi connectivity index (χ3v) is 4.35. The van der Waals surface area contributed by atoms with Crippen molar-refractivity contribution in [3.8, 4) is 6.07 Å². The Hall–Kier alpha value is -3.04. The molecule has 2 aromatic rings. The molecule has 26 heavy (non-hydrogen) atoms. The van der Waals surface area contributed by atoms with E-state index in [9.17, 15) is 10.1 Å². The van der Waals surface area contributed by atoms with E-state index in [1.165, 1.54) is 6.08 Å². The van der Waals surface area contributed by atoms with Crippen molar-refractivity contribution in [2.24, 2.45) is 0 Å². The van der Waals surface area contributed by atoms with Gasteiger partial charge in [-0.3, -0.25) is 4.79 Å². The molecule has 0 spiro atoms. The van der Waals surface area contributed by atoms with E-state index in [0.29, 0.717) is 30.5 Å². The maximum Gasteiger partial charge on any atom is 0.266 e. The smallest absolute Gasteiger partial charge is 0.266 e. The number of amides is 1. The number of ether oxygens (including phenoxy) is 1. The lowest BCUT2D eigenvalue weighted by molar-refractivity contribution is -0.112. The Morgan fingerprint density at radius 1 is 1.19 bits per heavy atom. The summed E-state index contributed by atoms with van der Waals surface area (Å²) in [5.74, 6) is 0.727. The molecule has 1 aromatic heterocycles. The highest BCUT2D eigenvalue weighted by atomic mass is 16.5. The summed E-state index contributed by atoms with van der Waals surface area (Å²) in [6, 6.07) is 11.2. The molecule has 0 saturated carbocycles. The minimum Gasteiger partial charge on any atom is -0.441 e. The summed E-state index contributed by atoms with van der Waals surface area (Å²) in [4.78, 5) is 14.5. The first-order valence-corrected chi connectivity index (χ1v) is 8.50. The number of nitrogens with zero attached hydrogens (tertiary/aromatic N) is 2. The van der Waals surface area contributed by atoms with E-state index in [0.717, 1.165) is 24.2 Å². The highest BCUT2D eigenvalue weighted by Crippen LogP contribution is 2.22. The number of benzene rings is 1. The average Bonchev–Trinajstić information content (AvgIpc) is 3.12. The van der Waals surface area contributed by atoms with Crippen LogP contribution in [0.25, 0.3) is 6.08 Å². The van der Waals surface area contributed by atoms with Gasteiger partial charge in [-0.2, -0.15) is 5.26 Å². The van der Waals surface area contributed by atoms with Gasteiger partial charge in [0.25, 0.3) is 5.91 Å². The van der Waals surface area contributed by atoms with Crippen molar-refractivity contribution in [1.82, 2.24) is 0 Å². The fraction of sp³-hybridized carbons (Fsp3) is 0.300. The van der Waals surface area contributed by atoms with Crippen molar-refractivity contribution < 1.29 is 13.9 Å². The fourth-order valence-corrected chi connectivity index (χ4v) is 2.68. The molecule has 1 fully saturated rings. The predicted octanol–water partition coefficient (Wildman–Crippen LogP) is 3.28. The van der Waals surface area contributed by atoms with Crippen molar-refractivity contribution in [2.75, 3.05) is 36.5 Å². The number of anilines is 2. The van der Waals surface area contributed by atoms with Crippen LogP contribution < -0.4 is 10.2 Å². The van der Waals surface area contributed by atoms with Crippen molar-refractivity contribution >= 4 is 23.6 Å². The van der Waals surface area contributed by atoms with Crippen molar-refractivity contribution in [3.05, 3.63) is 52.8 Å². The van der Waals surface area contributed by atoms with Crippen LogP contribution in [0.5, 0.6) is 0 Å². The normalized spacial score (nSPS) is 14.8. The number of nitriles is 1. The van der Waals surface area contributed by atoms with Gasteiger partial charge < -0.3 is 19.4 Å². The molecule has 1 N–H and O–H groups in total. The third-order valence-electron chi connectivity index (χ3n) is 4.35. The average molecular weight is 351 g/mol. The maximum absolute atomic E-state index is 12.4. The SMILES string of the molecule is Cc1ccc(NC(=O)/C(C#N)=C/c2ccc(N3CCOCC3)o2)cc1C. The van der Waals surface area contributed by atoms with E-state index in [4.69, 9.17) is 9.15 Å². The quantitative estimate of drug-likeness (QED) is 0.675. The van der Waals surface area contributed by atoms with E-state index >= 15 is 0 Å². The summed E-state index contributed by atoms with van der Waals surface area (Å²) in [5, 5.41) is 12.1. The molecule has 1 aliphatic heterocycles. The number of carbonyl (C=O) groups excluding carboxylic acids is 1. The first kappa shape index (κ1) is 17.8. The van der Waals surface area contributed by atoms with E-state index in [1.54, 1.807) is 6.07 Å². The van der Waals surface area contributed by atoms with Crippen LogP contribution in [-0.2, 0) is 9.53 Å². The van der Waals surface area contributed by atoms with Gasteiger partial charge in [-0.25, -0.2) is 0 Å². The molecule has 0 aliphatic carbocycles. The van der Waals surface area contributed by atoms with Crippen LogP contribution in [0.2, 0.25) is 0 Å². The standard InChI is InChI=1S/C20H21N3O3/c1-14-3-4-17(11-15(14)2)22-20(24)16(13-21)12-18-5-6-19(26-18)23-7-9-25-10-8-23/h3-6,11-12H,7-10H2,1-2H3,(H,22,24)/b16-12+. The van der Waals surface area contributed by atoms with Gasteiger partial charge in [0, 0.05) is 30.9 Å². The topological polar surface area (TPSA) is 78.5 Å². The number of nitrogens with one attached hydrogen (secondary N) is 1. The summed E-state index contributed by atoms with van der Waals surface area (Å²) in [6.45, 7) is 6.82. The number of hydrogen-bond donors (Lipinski definition) is 1. The number of hydrogen-bond acceptors (Lipinski definition) is 5. The van der Waals surface area contributed by atoms with Crippen LogP contribution in [-0.4, -0.2) is 32.2 Å². The minimum atomic E-state index is -0.458. The second-order valence-corrected chi connectivity index (χ2v) is 6.20. The summed E-state index contributed by atoms with van der Waals surface area (Å²) in [7, 11) is 0. The van der Waals surface area contributed by atoms with Crippen LogP contribution in [0.3, 0.4) is 0 Å². The lowest BCUT2D eigenvalue weighted by atomic mass is 10.1. The largest absolute Gasteiger partial charge is 0.441 e. The number of carbonyl (C=O) groups is 1. The van der Waals surface area contributed by atoms with E-state index in [-0.39, 0.29) is 5.57 Å². The van der Waals surface area contributed by atoms with Gasteiger partial charge in [0.15, 0.2) is 5.88 Å². The Kier molecular flexibility index (Phi) is 5.40. The van der Waals surface area contributed by atoms with E-state index in [1.807, 2.05) is 44.2 Å². The van der Waals surface area contributed by atoms with Gasteiger partial charge in [0.2, 0.25) is 0 Å². The fourth-order valence-electron chi connectivity index (χ4n) is 2.68. The van der Waals surface area contributed by atoms with Gasteiger partial charge in [0.05, 0.1) is 13.2 Å². The lowest BCUT2D eigenvalue weighted by Gasteiger charge is -2.26. The molecule has 0 unspecified atom stereocenters. The zero-order chi connectivity index (χ0) is 18.5. The summed E-state index contributed by atoms with van der Waals surface area (Å²) < 4.78 is 11.1. The van der Waals surface area contributed by atoms with Crippen LogP contribution in [0.1, 0.15) is 16.9 Å².